The molecule has 0 saturated heterocycles. The first-order valence-corrected chi connectivity index (χ1v) is 12.0. The zero-order chi connectivity index (χ0) is 22.9. The molecular formula is C23H21N3O4S2. The van der Waals surface area contributed by atoms with Gasteiger partial charge in [-0.05, 0) is 67.1 Å². The number of carbonyl (C=O) groups excluding carboxylic acids is 1. The molecule has 164 valence electrons. The highest BCUT2D eigenvalue weighted by molar-refractivity contribution is 7.92. The summed E-state index contributed by atoms with van der Waals surface area (Å²) in [5.74, 6) is 0.108. The van der Waals surface area contributed by atoms with Crippen molar-refractivity contribution in [3.63, 3.8) is 0 Å². The molecule has 0 fully saturated rings. The van der Waals surface area contributed by atoms with Crippen LogP contribution in [0.3, 0.4) is 0 Å². The van der Waals surface area contributed by atoms with Gasteiger partial charge in [-0.3, -0.25) is 9.52 Å². The second-order valence-electron chi connectivity index (χ2n) is 7.19. The van der Waals surface area contributed by atoms with Gasteiger partial charge >= 0.3 is 0 Å². The van der Waals surface area contributed by atoms with Crippen LogP contribution in [0, 0.1) is 6.92 Å². The van der Waals surface area contributed by atoms with Crippen molar-refractivity contribution in [3.8, 4) is 5.75 Å². The summed E-state index contributed by atoms with van der Waals surface area (Å²) in [5.41, 5.74) is 2.69. The van der Waals surface area contributed by atoms with Crippen LogP contribution in [-0.4, -0.2) is 26.0 Å². The molecule has 0 radical (unpaired) electrons. The molecule has 1 amide bonds. The number of sulfonamides is 1. The highest BCUT2D eigenvalue weighted by Crippen LogP contribution is 2.21. The number of ether oxygens (including phenoxy) is 1. The number of amides is 1. The first-order chi connectivity index (χ1) is 15.3. The predicted molar refractivity (Wildman–Crippen MR) is 126 cm³/mol. The fraction of sp³-hybridized carbons (Fsp3) is 0.130. The summed E-state index contributed by atoms with van der Waals surface area (Å²) in [4.78, 5) is 17.7. The molecule has 0 unspecified atom stereocenters. The third kappa shape index (κ3) is 4.44. The summed E-state index contributed by atoms with van der Waals surface area (Å²) in [6.45, 7) is 2.01. The van der Waals surface area contributed by atoms with Gasteiger partial charge in [-0.2, -0.15) is 4.99 Å². The van der Waals surface area contributed by atoms with Gasteiger partial charge in [0.2, 0.25) is 0 Å². The van der Waals surface area contributed by atoms with Gasteiger partial charge in [0, 0.05) is 18.3 Å². The third-order valence-corrected chi connectivity index (χ3v) is 7.39. The predicted octanol–water partition coefficient (Wildman–Crippen LogP) is 4.10. The molecule has 1 aromatic heterocycles. The second-order valence-corrected chi connectivity index (χ2v) is 9.89. The van der Waals surface area contributed by atoms with E-state index in [2.05, 4.69) is 15.8 Å². The van der Waals surface area contributed by atoms with E-state index in [1.807, 2.05) is 30.7 Å². The van der Waals surface area contributed by atoms with Crippen molar-refractivity contribution < 1.29 is 17.9 Å². The summed E-state index contributed by atoms with van der Waals surface area (Å²) in [7, 11) is -0.447. The normalized spacial score (nSPS) is 12.2. The Balaban J connectivity index is 1.62. The molecule has 1 heterocycles. The molecule has 4 rings (SSSR count). The number of carbonyl (C=O) groups is 1. The molecule has 3 aromatic carbocycles. The molecule has 0 saturated carbocycles. The van der Waals surface area contributed by atoms with Crippen LogP contribution in [0.15, 0.2) is 76.6 Å². The number of anilines is 1. The standard InChI is InChI=1S/C23H21N3O4S2/c1-15-7-12-20-21(13-15)31-23(26(20)2)24-22(27)16-5-4-6-17(14-16)25-32(28,29)19-10-8-18(30-3)9-11-19/h4-14,25H,1-3H3. The van der Waals surface area contributed by atoms with E-state index in [1.165, 1.54) is 36.6 Å². The lowest BCUT2D eigenvalue weighted by atomic mass is 10.2. The van der Waals surface area contributed by atoms with E-state index in [9.17, 15) is 13.2 Å². The van der Waals surface area contributed by atoms with Crippen LogP contribution in [-0.2, 0) is 17.1 Å². The number of nitrogens with zero attached hydrogens (tertiary/aromatic N) is 2. The summed E-state index contributed by atoms with van der Waals surface area (Å²) in [6, 6.07) is 18.4. The van der Waals surface area contributed by atoms with Crippen LogP contribution in [0.25, 0.3) is 10.2 Å². The molecule has 32 heavy (non-hydrogen) atoms. The zero-order valence-electron chi connectivity index (χ0n) is 17.7. The number of nitrogens with one attached hydrogen (secondary N) is 1. The van der Waals surface area contributed by atoms with Gasteiger partial charge in [-0.15, -0.1) is 0 Å². The maximum atomic E-state index is 12.8. The molecule has 0 atom stereocenters. The lowest BCUT2D eigenvalue weighted by Gasteiger charge is -2.09. The third-order valence-electron chi connectivity index (χ3n) is 4.89. The van der Waals surface area contributed by atoms with Crippen LogP contribution in [0.4, 0.5) is 5.69 Å². The molecule has 1 N–H and O–H groups in total. The lowest BCUT2D eigenvalue weighted by Crippen LogP contribution is -2.14. The Bertz CT molecular complexity index is 1480. The van der Waals surface area contributed by atoms with Crippen LogP contribution >= 0.6 is 11.3 Å². The number of hydrogen-bond acceptors (Lipinski definition) is 5. The maximum absolute atomic E-state index is 12.8. The number of methoxy groups -OCH3 is 1. The van der Waals surface area contributed by atoms with Crippen molar-refractivity contribution in [3.05, 3.63) is 82.7 Å². The molecule has 0 aliphatic heterocycles. The minimum atomic E-state index is -3.82. The summed E-state index contributed by atoms with van der Waals surface area (Å²) < 4.78 is 35.8. The van der Waals surface area contributed by atoms with Crippen LogP contribution < -0.4 is 14.3 Å². The van der Waals surface area contributed by atoms with E-state index in [0.29, 0.717) is 10.6 Å². The van der Waals surface area contributed by atoms with Gasteiger partial charge in [0.25, 0.3) is 15.9 Å². The number of thiazole rings is 1. The van der Waals surface area contributed by atoms with Crippen LogP contribution in [0.1, 0.15) is 15.9 Å². The molecule has 0 bridgehead atoms. The number of fused-ring (bicyclic) bond motifs is 1. The zero-order valence-corrected chi connectivity index (χ0v) is 19.3. The quantitative estimate of drug-likeness (QED) is 0.479. The summed E-state index contributed by atoms with van der Waals surface area (Å²) in [6.07, 6.45) is 0. The number of aromatic nitrogens is 1. The molecule has 0 spiro atoms. The first-order valence-electron chi connectivity index (χ1n) is 9.69. The Morgan fingerprint density at radius 2 is 1.81 bits per heavy atom. The Morgan fingerprint density at radius 1 is 1.06 bits per heavy atom. The first kappa shape index (κ1) is 21.8. The van der Waals surface area contributed by atoms with Crippen molar-refractivity contribution in [2.24, 2.45) is 12.0 Å². The molecule has 0 aliphatic carbocycles. The van der Waals surface area contributed by atoms with E-state index >= 15 is 0 Å². The van der Waals surface area contributed by atoms with E-state index in [-0.39, 0.29) is 16.1 Å². The SMILES string of the molecule is COc1ccc(S(=O)(=O)Nc2cccc(C(=O)N=c3sc4cc(C)ccc4n3C)c2)cc1. The van der Waals surface area contributed by atoms with Gasteiger partial charge < -0.3 is 9.30 Å². The molecule has 9 heteroatoms. The monoisotopic (exact) mass is 467 g/mol. The maximum Gasteiger partial charge on any atom is 0.279 e. The summed E-state index contributed by atoms with van der Waals surface area (Å²) in [5, 5.41) is 0. The number of benzene rings is 3. The lowest BCUT2D eigenvalue weighted by molar-refractivity contribution is 0.0998. The van der Waals surface area contributed by atoms with Gasteiger partial charge in [0.05, 0.1) is 22.2 Å². The Labute approximate surface area is 189 Å². The highest BCUT2D eigenvalue weighted by Gasteiger charge is 2.15. The topological polar surface area (TPSA) is 89.8 Å². The molecule has 7 nitrogen and oxygen atoms in total. The van der Waals surface area contributed by atoms with Gasteiger partial charge in [-0.1, -0.05) is 23.5 Å². The van der Waals surface area contributed by atoms with E-state index in [1.54, 1.807) is 30.3 Å². The van der Waals surface area contributed by atoms with Crippen molar-refractivity contribution in [1.29, 1.82) is 0 Å². The van der Waals surface area contributed by atoms with E-state index in [4.69, 9.17) is 4.74 Å². The smallest absolute Gasteiger partial charge is 0.279 e. The van der Waals surface area contributed by atoms with Crippen molar-refractivity contribution >= 4 is 43.2 Å². The van der Waals surface area contributed by atoms with Gasteiger partial charge in [0.1, 0.15) is 5.75 Å². The largest absolute Gasteiger partial charge is 0.497 e. The number of rotatable bonds is 5. The summed E-state index contributed by atoms with van der Waals surface area (Å²) >= 11 is 1.43. The van der Waals surface area contributed by atoms with Crippen molar-refractivity contribution in [1.82, 2.24) is 4.57 Å². The number of aryl methyl sites for hydroxylation is 2. The van der Waals surface area contributed by atoms with Crippen LogP contribution in [0.5, 0.6) is 5.75 Å². The van der Waals surface area contributed by atoms with Crippen LogP contribution in [0.2, 0.25) is 0 Å². The fourth-order valence-corrected chi connectivity index (χ4v) is 5.35. The molecule has 4 aromatic rings. The Hall–Kier alpha value is -3.43. The average molecular weight is 468 g/mol. The Kier molecular flexibility index (Phi) is 5.86. The Morgan fingerprint density at radius 3 is 2.53 bits per heavy atom. The van der Waals surface area contributed by atoms with E-state index < -0.39 is 15.9 Å². The molecule has 0 aliphatic rings. The van der Waals surface area contributed by atoms with Gasteiger partial charge in [0.15, 0.2) is 4.80 Å². The highest BCUT2D eigenvalue weighted by atomic mass is 32.2. The van der Waals surface area contributed by atoms with Crippen molar-refractivity contribution in [2.45, 2.75) is 11.8 Å². The number of hydrogen-bond donors (Lipinski definition) is 1. The van der Waals surface area contributed by atoms with E-state index in [0.717, 1.165) is 15.8 Å². The fourth-order valence-electron chi connectivity index (χ4n) is 3.18. The minimum absolute atomic E-state index is 0.0901. The second kappa shape index (κ2) is 8.60. The molecular weight excluding hydrogens is 446 g/mol. The minimum Gasteiger partial charge on any atom is -0.497 e. The average Bonchev–Trinajstić information content (AvgIpc) is 3.07. The van der Waals surface area contributed by atoms with Crippen molar-refractivity contribution in [2.75, 3.05) is 11.8 Å². The van der Waals surface area contributed by atoms with Gasteiger partial charge in [-0.25, -0.2) is 8.42 Å².